The Morgan fingerprint density at radius 3 is 1.10 bits per heavy atom. The monoisotopic (exact) mass is 414 g/mol. The molecule has 6 nitrogen and oxygen atoms in total. The van der Waals surface area contributed by atoms with E-state index in [1.807, 2.05) is 0 Å². The third kappa shape index (κ3) is 6.37. The van der Waals surface area contributed by atoms with Gasteiger partial charge >= 0.3 is 0 Å². The van der Waals surface area contributed by atoms with Crippen molar-refractivity contribution in [1.82, 2.24) is 9.80 Å². The fraction of sp³-hybridized carbons (Fsp3) is 1.00. The zero-order chi connectivity index (χ0) is 22.1. The van der Waals surface area contributed by atoms with Crippen LogP contribution in [0.5, 0.6) is 0 Å². The average Bonchev–Trinajstić information content (AvgIpc) is 2.55. The summed E-state index contributed by atoms with van der Waals surface area (Å²) in [7, 11) is 4.40. The van der Waals surface area contributed by atoms with Crippen LogP contribution in [0.25, 0.3) is 0 Å². The van der Waals surface area contributed by atoms with Crippen LogP contribution in [0.15, 0.2) is 0 Å². The van der Waals surface area contributed by atoms with E-state index in [0.717, 1.165) is 25.7 Å². The van der Waals surface area contributed by atoms with Crippen LogP contribution >= 0.6 is 0 Å². The Hall–Kier alpha value is -0.240. The second-order valence-electron chi connectivity index (χ2n) is 11.5. The molecule has 2 saturated heterocycles. The largest absolute Gasteiger partial charge is 0.352 e. The fourth-order valence-electron chi connectivity index (χ4n) is 5.21. The standard InChI is InChI=1S/C23H46N2O4/c1-20(2)11-18(12-21(3,4)24(20)9)28-16-26-15-27-17-29-19-13-22(5,6)25(10)23(7,8)14-19/h18-19H,11-17H2,1-10H3. The van der Waals surface area contributed by atoms with E-state index in [9.17, 15) is 0 Å². The van der Waals surface area contributed by atoms with Crippen molar-refractivity contribution in [2.45, 2.75) is 115 Å². The topological polar surface area (TPSA) is 43.4 Å². The lowest BCUT2D eigenvalue weighted by molar-refractivity contribution is -0.209. The van der Waals surface area contributed by atoms with Crippen LogP contribution in [0, 0.1) is 0 Å². The summed E-state index contributed by atoms with van der Waals surface area (Å²) in [6.45, 7) is 18.9. The third-order valence-electron chi connectivity index (χ3n) is 7.48. The highest BCUT2D eigenvalue weighted by atomic mass is 16.8. The molecule has 0 bridgehead atoms. The molecule has 2 fully saturated rings. The van der Waals surface area contributed by atoms with Gasteiger partial charge < -0.3 is 18.9 Å². The van der Waals surface area contributed by atoms with Gasteiger partial charge in [0.1, 0.15) is 13.6 Å². The number of ether oxygens (including phenoxy) is 4. The molecule has 2 aliphatic heterocycles. The van der Waals surface area contributed by atoms with Crippen molar-refractivity contribution < 1.29 is 18.9 Å². The van der Waals surface area contributed by atoms with E-state index in [1.54, 1.807) is 0 Å². The van der Waals surface area contributed by atoms with Crippen LogP contribution < -0.4 is 0 Å². The minimum Gasteiger partial charge on any atom is -0.352 e. The van der Waals surface area contributed by atoms with Crippen LogP contribution in [0.2, 0.25) is 0 Å². The highest BCUT2D eigenvalue weighted by Gasteiger charge is 2.44. The van der Waals surface area contributed by atoms with E-state index < -0.39 is 0 Å². The Balaban J connectivity index is 1.62. The van der Waals surface area contributed by atoms with Gasteiger partial charge in [0, 0.05) is 22.2 Å². The number of likely N-dealkylation sites (tertiary alicyclic amines) is 2. The van der Waals surface area contributed by atoms with Crippen molar-refractivity contribution >= 4 is 0 Å². The first-order valence-electron chi connectivity index (χ1n) is 11.0. The summed E-state index contributed by atoms with van der Waals surface area (Å²) < 4.78 is 23.1. The third-order valence-corrected chi connectivity index (χ3v) is 7.48. The second-order valence-corrected chi connectivity index (χ2v) is 11.5. The van der Waals surface area contributed by atoms with Gasteiger partial charge in [0.25, 0.3) is 0 Å². The van der Waals surface area contributed by atoms with Gasteiger partial charge in [-0.1, -0.05) is 0 Å². The molecule has 0 aromatic rings. The highest BCUT2D eigenvalue weighted by molar-refractivity contribution is 4.99. The number of rotatable bonds is 8. The Bertz CT molecular complexity index is 451. The van der Waals surface area contributed by atoms with E-state index >= 15 is 0 Å². The van der Waals surface area contributed by atoms with Gasteiger partial charge in [0.2, 0.25) is 0 Å². The quantitative estimate of drug-likeness (QED) is 0.437. The summed E-state index contributed by atoms with van der Waals surface area (Å²) in [4.78, 5) is 4.90. The molecule has 2 rings (SSSR count). The van der Waals surface area contributed by atoms with Crippen molar-refractivity contribution in [3.05, 3.63) is 0 Å². The molecular formula is C23H46N2O4. The smallest absolute Gasteiger partial charge is 0.152 e. The van der Waals surface area contributed by atoms with E-state index in [4.69, 9.17) is 18.9 Å². The SMILES string of the molecule is CN1C(C)(C)CC(OCOCOCOC2CC(C)(C)N(C)C(C)(C)C2)CC1(C)C. The maximum Gasteiger partial charge on any atom is 0.152 e. The van der Waals surface area contributed by atoms with Crippen molar-refractivity contribution in [1.29, 1.82) is 0 Å². The van der Waals surface area contributed by atoms with Crippen LogP contribution in [-0.2, 0) is 18.9 Å². The van der Waals surface area contributed by atoms with Gasteiger partial charge in [0.15, 0.2) is 6.79 Å². The normalized spacial score (nSPS) is 27.9. The molecule has 0 spiro atoms. The van der Waals surface area contributed by atoms with Crippen molar-refractivity contribution in [2.75, 3.05) is 34.5 Å². The number of piperidine rings is 2. The van der Waals surface area contributed by atoms with E-state index in [0.29, 0.717) is 0 Å². The molecule has 0 N–H and O–H groups in total. The Morgan fingerprint density at radius 1 is 0.552 bits per heavy atom. The first-order chi connectivity index (χ1) is 13.2. The first-order valence-corrected chi connectivity index (χ1v) is 11.0. The van der Waals surface area contributed by atoms with Gasteiger partial charge in [-0.15, -0.1) is 0 Å². The lowest BCUT2D eigenvalue weighted by Gasteiger charge is -2.53. The maximum absolute atomic E-state index is 5.99. The second kappa shape index (κ2) is 9.09. The molecule has 0 aromatic carbocycles. The predicted octanol–water partition coefficient (Wildman–Crippen LogP) is 4.23. The summed E-state index contributed by atoms with van der Waals surface area (Å²) in [5.74, 6) is 0. The number of nitrogens with zero attached hydrogens (tertiary/aromatic N) is 2. The molecule has 6 heteroatoms. The number of hydrogen-bond acceptors (Lipinski definition) is 6. The summed E-state index contributed by atoms with van der Waals surface area (Å²) in [5.41, 5.74) is 0.470. The van der Waals surface area contributed by atoms with Crippen LogP contribution in [0.4, 0.5) is 0 Å². The van der Waals surface area contributed by atoms with E-state index in [1.165, 1.54) is 0 Å². The van der Waals surface area contributed by atoms with E-state index in [2.05, 4.69) is 79.3 Å². The fourth-order valence-corrected chi connectivity index (χ4v) is 5.21. The molecule has 0 radical (unpaired) electrons. The van der Waals surface area contributed by atoms with Gasteiger partial charge in [-0.3, -0.25) is 9.80 Å². The van der Waals surface area contributed by atoms with Gasteiger partial charge in [-0.25, -0.2) is 0 Å². The molecule has 0 amide bonds. The zero-order valence-electron chi connectivity index (χ0n) is 20.6. The molecule has 0 aromatic heterocycles. The van der Waals surface area contributed by atoms with Crippen molar-refractivity contribution in [3.63, 3.8) is 0 Å². The molecular weight excluding hydrogens is 368 g/mol. The van der Waals surface area contributed by atoms with Crippen molar-refractivity contribution in [3.8, 4) is 0 Å². The highest BCUT2D eigenvalue weighted by Crippen LogP contribution is 2.39. The minimum atomic E-state index is 0.117. The molecule has 2 aliphatic rings. The summed E-state index contributed by atoms with van der Waals surface area (Å²) in [5, 5.41) is 0. The van der Waals surface area contributed by atoms with Crippen LogP contribution in [-0.4, -0.2) is 78.6 Å². The Morgan fingerprint density at radius 2 is 0.828 bits per heavy atom. The molecule has 172 valence electrons. The van der Waals surface area contributed by atoms with Crippen LogP contribution in [0.1, 0.15) is 81.1 Å². The van der Waals surface area contributed by atoms with Gasteiger partial charge in [-0.05, 0) is 95.2 Å². The molecule has 0 saturated carbocycles. The van der Waals surface area contributed by atoms with Gasteiger partial charge in [0.05, 0.1) is 12.2 Å². The van der Waals surface area contributed by atoms with Gasteiger partial charge in [-0.2, -0.15) is 0 Å². The molecule has 0 unspecified atom stereocenters. The lowest BCUT2D eigenvalue weighted by atomic mass is 9.79. The lowest BCUT2D eigenvalue weighted by Crippen LogP contribution is -2.60. The Kier molecular flexibility index (Phi) is 7.85. The molecule has 2 heterocycles. The summed E-state index contributed by atoms with van der Waals surface area (Å²) >= 11 is 0. The average molecular weight is 415 g/mol. The molecule has 0 aliphatic carbocycles. The van der Waals surface area contributed by atoms with Crippen molar-refractivity contribution in [2.24, 2.45) is 0 Å². The first kappa shape index (κ1) is 25.0. The van der Waals surface area contributed by atoms with Crippen LogP contribution in [0.3, 0.4) is 0 Å². The Labute approximate surface area is 179 Å². The zero-order valence-corrected chi connectivity index (χ0v) is 20.6. The number of hydrogen-bond donors (Lipinski definition) is 0. The minimum absolute atomic E-state index is 0.117. The summed E-state index contributed by atoms with van der Waals surface area (Å²) in [6, 6.07) is 0. The molecule has 29 heavy (non-hydrogen) atoms. The molecule has 0 atom stereocenters. The van der Waals surface area contributed by atoms with E-state index in [-0.39, 0.29) is 54.7 Å². The maximum atomic E-state index is 5.99. The summed E-state index contributed by atoms with van der Waals surface area (Å²) in [6.07, 6.45) is 4.42. The predicted molar refractivity (Wildman–Crippen MR) is 117 cm³/mol.